The van der Waals surface area contributed by atoms with Gasteiger partial charge in [0.15, 0.2) is 5.69 Å². The lowest BCUT2D eigenvalue weighted by Gasteiger charge is -2.02. The van der Waals surface area contributed by atoms with Crippen molar-refractivity contribution in [3.05, 3.63) is 41.9 Å². The van der Waals surface area contributed by atoms with Crippen molar-refractivity contribution in [1.82, 2.24) is 9.97 Å². The van der Waals surface area contributed by atoms with Crippen LogP contribution in [0.4, 0.5) is 0 Å². The van der Waals surface area contributed by atoms with E-state index in [1.165, 1.54) is 11.9 Å². The van der Waals surface area contributed by atoms with Crippen molar-refractivity contribution in [1.29, 1.82) is 0 Å². The van der Waals surface area contributed by atoms with Gasteiger partial charge in [0.2, 0.25) is 0 Å². The summed E-state index contributed by atoms with van der Waals surface area (Å²) in [6, 6.07) is 7.85. The van der Waals surface area contributed by atoms with Crippen LogP contribution in [0.5, 0.6) is 0 Å². The third kappa shape index (κ3) is 2.36. The van der Waals surface area contributed by atoms with Gasteiger partial charge in [0, 0.05) is 5.56 Å². The molecular formula is C13H14N2O2. The van der Waals surface area contributed by atoms with E-state index in [9.17, 15) is 4.79 Å². The quantitative estimate of drug-likeness (QED) is 0.848. The summed E-state index contributed by atoms with van der Waals surface area (Å²) in [6.07, 6.45) is 3.54. The molecule has 4 nitrogen and oxygen atoms in total. The van der Waals surface area contributed by atoms with Crippen LogP contribution >= 0.6 is 0 Å². The molecule has 0 atom stereocenters. The number of rotatable bonds is 4. The van der Waals surface area contributed by atoms with Gasteiger partial charge >= 0.3 is 5.97 Å². The molecule has 0 amide bonds. The fourth-order valence-electron chi connectivity index (χ4n) is 1.79. The molecule has 0 unspecified atom stereocenters. The van der Waals surface area contributed by atoms with E-state index < -0.39 is 5.97 Å². The second-order valence-corrected chi connectivity index (χ2v) is 3.88. The number of aromatic nitrogens is 2. The Morgan fingerprint density at radius 1 is 1.35 bits per heavy atom. The maximum atomic E-state index is 11.0. The van der Waals surface area contributed by atoms with Gasteiger partial charge in [-0.25, -0.2) is 9.78 Å². The normalized spacial score (nSPS) is 10.4. The molecule has 2 aromatic rings. The highest BCUT2D eigenvalue weighted by Crippen LogP contribution is 2.21. The minimum Gasteiger partial charge on any atom is -0.477 e. The Kier molecular flexibility index (Phi) is 3.23. The summed E-state index contributed by atoms with van der Waals surface area (Å²) in [5.74, 6) is -0.991. The number of carbonyl (C=O) groups is 1. The van der Waals surface area contributed by atoms with Crippen molar-refractivity contribution in [2.45, 2.75) is 19.8 Å². The second kappa shape index (κ2) is 4.82. The highest BCUT2D eigenvalue weighted by atomic mass is 16.4. The zero-order chi connectivity index (χ0) is 12.3. The molecule has 0 aliphatic heterocycles. The van der Waals surface area contributed by atoms with Crippen LogP contribution in [0.1, 0.15) is 29.4 Å². The molecule has 2 rings (SSSR count). The van der Waals surface area contributed by atoms with Crippen LogP contribution in [0, 0.1) is 0 Å². The van der Waals surface area contributed by atoms with Gasteiger partial charge in [-0.05, 0) is 12.0 Å². The lowest BCUT2D eigenvalue weighted by molar-refractivity contribution is 0.0692. The van der Waals surface area contributed by atoms with Crippen LogP contribution in [0.3, 0.4) is 0 Å². The Morgan fingerprint density at radius 2 is 2.06 bits per heavy atom. The first kappa shape index (κ1) is 11.4. The van der Waals surface area contributed by atoms with Gasteiger partial charge in [-0.2, -0.15) is 0 Å². The molecule has 4 heteroatoms. The Bertz CT molecular complexity index is 514. The smallest absolute Gasteiger partial charge is 0.354 e. The topological polar surface area (TPSA) is 66.0 Å². The van der Waals surface area contributed by atoms with E-state index in [4.69, 9.17) is 5.11 Å². The molecule has 1 aromatic heterocycles. The molecule has 17 heavy (non-hydrogen) atoms. The third-order valence-electron chi connectivity index (χ3n) is 2.62. The van der Waals surface area contributed by atoms with Gasteiger partial charge in [-0.3, -0.25) is 0 Å². The predicted molar refractivity (Wildman–Crippen MR) is 65.0 cm³/mol. The summed E-state index contributed by atoms with van der Waals surface area (Å²) in [4.78, 5) is 17.6. The maximum Gasteiger partial charge on any atom is 0.354 e. The van der Waals surface area contributed by atoms with E-state index in [0.717, 1.165) is 18.4 Å². The van der Waals surface area contributed by atoms with Crippen LogP contribution in [0.25, 0.3) is 11.3 Å². The number of hydrogen-bond donors (Lipinski definition) is 2. The monoisotopic (exact) mass is 230 g/mol. The lowest BCUT2D eigenvalue weighted by Crippen LogP contribution is -1.99. The molecule has 0 radical (unpaired) electrons. The van der Waals surface area contributed by atoms with Gasteiger partial charge < -0.3 is 10.1 Å². The maximum absolute atomic E-state index is 11.0. The molecule has 0 aliphatic carbocycles. The molecule has 2 N–H and O–H groups in total. The zero-order valence-corrected chi connectivity index (χ0v) is 9.60. The second-order valence-electron chi connectivity index (χ2n) is 3.88. The largest absolute Gasteiger partial charge is 0.477 e. The van der Waals surface area contributed by atoms with Crippen molar-refractivity contribution in [3.8, 4) is 11.3 Å². The summed E-state index contributed by atoms with van der Waals surface area (Å²) >= 11 is 0. The van der Waals surface area contributed by atoms with Gasteiger partial charge in [-0.1, -0.05) is 37.6 Å². The number of hydrogen-bond acceptors (Lipinski definition) is 2. The van der Waals surface area contributed by atoms with Gasteiger partial charge in [0.05, 0.1) is 6.33 Å². The average molecular weight is 230 g/mol. The number of benzene rings is 1. The van der Waals surface area contributed by atoms with Crippen LogP contribution in [0.2, 0.25) is 0 Å². The van der Waals surface area contributed by atoms with Gasteiger partial charge in [-0.15, -0.1) is 0 Å². The Labute approximate surface area is 99.3 Å². The SMILES string of the molecule is CCCc1ccc(-c2nc[nH]c2C(=O)O)cc1. The molecule has 1 aromatic carbocycles. The van der Waals surface area contributed by atoms with E-state index in [2.05, 4.69) is 16.9 Å². The highest BCUT2D eigenvalue weighted by Gasteiger charge is 2.14. The number of aromatic amines is 1. The summed E-state index contributed by atoms with van der Waals surface area (Å²) < 4.78 is 0. The first-order valence-electron chi connectivity index (χ1n) is 5.58. The number of aryl methyl sites for hydroxylation is 1. The summed E-state index contributed by atoms with van der Waals surface area (Å²) in [6.45, 7) is 2.13. The van der Waals surface area contributed by atoms with E-state index in [1.54, 1.807) is 0 Å². The van der Waals surface area contributed by atoms with E-state index in [1.807, 2.05) is 24.3 Å². The van der Waals surface area contributed by atoms with E-state index >= 15 is 0 Å². The minimum absolute atomic E-state index is 0.133. The van der Waals surface area contributed by atoms with Crippen LogP contribution in [-0.2, 0) is 6.42 Å². The molecule has 0 spiro atoms. The molecule has 0 bridgehead atoms. The molecule has 0 fully saturated rings. The number of carboxylic acids is 1. The van der Waals surface area contributed by atoms with Crippen molar-refractivity contribution >= 4 is 5.97 Å². The van der Waals surface area contributed by atoms with Gasteiger partial charge in [0.1, 0.15) is 5.69 Å². The zero-order valence-electron chi connectivity index (χ0n) is 9.60. The summed E-state index contributed by atoms with van der Waals surface area (Å²) in [5.41, 5.74) is 2.70. The molecule has 0 saturated carbocycles. The average Bonchev–Trinajstić information content (AvgIpc) is 2.79. The fraction of sp³-hybridized carbons (Fsp3) is 0.231. The molecule has 1 heterocycles. The molecule has 88 valence electrons. The number of imidazole rings is 1. The van der Waals surface area contributed by atoms with E-state index in [-0.39, 0.29) is 5.69 Å². The third-order valence-corrected chi connectivity index (χ3v) is 2.62. The summed E-state index contributed by atoms with van der Waals surface area (Å²) in [7, 11) is 0. The van der Waals surface area contributed by atoms with Gasteiger partial charge in [0.25, 0.3) is 0 Å². The Morgan fingerprint density at radius 3 is 2.65 bits per heavy atom. The molecular weight excluding hydrogens is 216 g/mol. The lowest BCUT2D eigenvalue weighted by atomic mass is 10.1. The van der Waals surface area contributed by atoms with Crippen LogP contribution < -0.4 is 0 Å². The number of nitrogens with one attached hydrogen (secondary N) is 1. The molecule has 0 saturated heterocycles. The van der Waals surface area contributed by atoms with Crippen molar-refractivity contribution in [3.63, 3.8) is 0 Å². The highest BCUT2D eigenvalue weighted by molar-refractivity contribution is 5.92. The standard InChI is InChI=1S/C13H14N2O2/c1-2-3-9-4-6-10(7-5-9)11-12(13(16)17)15-8-14-11/h4-8H,2-3H2,1H3,(H,14,15)(H,16,17). The van der Waals surface area contributed by atoms with E-state index in [0.29, 0.717) is 5.69 Å². The predicted octanol–water partition coefficient (Wildman–Crippen LogP) is 2.73. The summed E-state index contributed by atoms with van der Waals surface area (Å²) in [5, 5.41) is 8.98. The van der Waals surface area contributed by atoms with Crippen molar-refractivity contribution in [2.24, 2.45) is 0 Å². The Hall–Kier alpha value is -2.10. The number of aromatic carboxylic acids is 1. The van der Waals surface area contributed by atoms with Crippen molar-refractivity contribution in [2.75, 3.05) is 0 Å². The van der Waals surface area contributed by atoms with Crippen molar-refractivity contribution < 1.29 is 9.90 Å². The number of H-pyrrole nitrogens is 1. The first-order valence-corrected chi connectivity index (χ1v) is 5.58. The number of nitrogens with zero attached hydrogens (tertiary/aromatic N) is 1. The Balaban J connectivity index is 2.33. The molecule has 0 aliphatic rings. The first-order chi connectivity index (χ1) is 8.22. The van der Waals surface area contributed by atoms with Crippen LogP contribution in [0.15, 0.2) is 30.6 Å². The van der Waals surface area contributed by atoms with Crippen LogP contribution in [-0.4, -0.2) is 21.0 Å². The number of carboxylic acid groups (broad SMARTS) is 1. The minimum atomic E-state index is -0.991. The fourth-order valence-corrected chi connectivity index (χ4v) is 1.79.